The van der Waals surface area contributed by atoms with E-state index in [4.69, 9.17) is 9.47 Å². The minimum Gasteiger partial charge on any atom is -0.493 e. The van der Waals surface area contributed by atoms with E-state index >= 15 is 0 Å². The predicted octanol–water partition coefficient (Wildman–Crippen LogP) is 4.73. The first-order valence-electron chi connectivity index (χ1n) is 6.92. The van der Waals surface area contributed by atoms with Crippen molar-refractivity contribution in [3.05, 3.63) is 40.3 Å². The maximum absolute atomic E-state index is 5.87. The Morgan fingerprint density at radius 3 is 2.52 bits per heavy atom. The van der Waals surface area contributed by atoms with Crippen molar-refractivity contribution in [3.63, 3.8) is 0 Å². The standard InChI is InChI=1S/C16H19BrN2O2/c1-5-11-6-7-12(13(8-11)20-4)21-15-9-14(17)18-16(19-15)10(2)3/h6-10H,5H2,1-4H3. The Bertz CT molecular complexity index is 630. The molecule has 0 aliphatic carbocycles. The third-order valence-electron chi connectivity index (χ3n) is 3.06. The third-order valence-corrected chi connectivity index (χ3v) is 3.46. The lowest BCUT2D eigenvalue weighted by atomic mass is 10.1. The van der Waals surface area contributed by atoms with Gasteiger partial charge in [0.1, 0.15) is 10.4 Å². The molecule has 0 aliphatic rings. The molecule has 2 aromatic rings. The van der Waals surface area contributed by atoms with Gasteiger partial charge >= 0.3 is 0 Å². The molecule has 112 valence electrons. The van der Waals surface area contributed by atoms with Crippen LogP contribution in [0.25, 0.3) is 0 Å². The minimum absolute atomic E-state index is 0.231. The summed E-state index contributed by atoms with van der Waals surface area (Å²) in [4.78, 5) is 8.77. The SMILES string of the molecule is CCc1ccc(Oc2cc(Br)nc(C(C)C)n2)c(OC)c1. The summed E-state index contributed by atoms with van der Waals surface area (Å²) in [6, 6.07) is 7.66. The van der Waals surface area contributed by atoms with Gasteiger partial charge in [-0.15, -0.1) is 0 Å². The van der Waals surface area contributed by atoms with E-state index < -0.39 is 0 Å². The van der Waals surface area contributed by atoms with Crippen molar-refractivity contribution in [2.24, 2.45) is 0 Å². The summed E-state index contributed by atoms with van der Waals surface area (Å²) in [6.45, 7) is 6.19. The summed E-state index contributed by atoms with van der Waals surface area (Å²) in [7, 11) is 1.64. The van der Waals surface area contributed by atoms with Crippen LogP contribution in [-0.4, -0.2) is 17.1 Å². The number of aromatic nitrogens is 2. The summed E-state index contributed by atoms with van der Waals surface area (Å²) >= 11 is 3.39. The Morgan fingerprint density at radius 1 is 1.14 bits per heavy atom. The van der Waals surface area contributed by atoms with Gasteiger partial charge in [0.05, 0.1) is 7.11 Å². The van der Waals surface area contributed by atoms with Crippen molar-refractivity contribution in [2.45, 2.75) is 33.1 Å². The van der Waals surface area contributed by atoms with Gasteiger partial charge in [-0.1, -0.05) is 26.8 Å². The largest absolute Gasteiger partial charge is 0.493 e. The maximum Gasteiger partial charge on any atom is 0.223 e. The molecule has 1 heterocycles. The van der Waals surface area contributed by atoms with Crippen LogP contribution in [0.3, 0.4) is 0 Å². The van der Waals surface area contributed by atoms with Crippen molar-refractivity contribution in [3.8, 4) is 17.4 Å². The Labute approximate surface area is 133 Å². The van der Waals surface area contributed by atoms with Crippen LogP contribution in [0.5, 0.6) is 17.4 Å². The van der Waals surface area contributed by atoms with Crippen LogP contribution in [0, 0.1) is 0 Å². The topological polar surface area (TPSA) is 44.2 Å². The lowest BCUT2D eigenvalue weighted by Gasteiger charge is -2.12. The molecule has 4 nitrogen and oxygen atoms in total. The fourth-order valence-corrected chi connectivity index (χ4v) is 2.23. The van der Waals surface area contributed by atoms with Crippen LogP contribution >= 0.6 is 15.9 Å². The molecule has 0 spiro atoms. The van der Waals surface area contributed by atoms with E-state index in [1.54, 1.807) is 13.2 Å². The highest BCUT2D eigenvalue weighted by atomic mass is 79.9. The molecule has 2 rings (SSSR count). The van der Waals surface area contributed by atoms with E-state index in [1.807, 2.05) is 32.0 Å². The zero-order valence-corrected chi connectivity index (χ0v) is 14.3. The van der Waals surface area contributed by atoms with Crippen LogP contribution in [0.1, 0.15) is 38.1 Å². The number of benzene rings is 1. The number of ether oxygens (including phenoxy) is 2. The summed E-state index contributed by atoms with van der Waals surface area (Å²) in [5.41, 5.74) is 1.20. The van der Waals surface area contributed by atoms with E-state index in [-0.39, 0.29) is 5.92 Å². The maximum atomic E-state index is 5.87. The Morgan fingerprint density at radius 2 is 1.90 bits per heavy atom. The molecule has 0 saturated carbocycles. The summed E-state index contributed by atoms with van der Waals surface area (Å²) in [6.07, 6.45) is 0.952. The fourth-order valence-electron chi connectivity index (χ4n) is 1.85. The number of methoxy groups -OCH3 is 1. The number of halogens is 1. The Balaban J connectivity index is 2.33. The summed E-state index contributed by atoms with van der Waals surface area (Å²) in [5.74, 6) is 2.83. The van der Waals surface area contributed by atoms with Crippen molar-refractivity contribution in [2.75, 3.05) is 7.11 Å². The van der Waals surface area contributed by atoms with E-state index in [0.29, 0.717) is 22.0 Å². The lowest BCUT2D eigenvalue weighted by Crippen LogP contribution is -2.00. The molecular formula is C16H19BrN2O2. The first-order valence-corrected chi connectivity index (χ1v) is 7.72. The number of hydrogen-bond acceptors (Lipinski definition) is 4. The lowest BCUT2D eigenvalue weighted by molar-refractivity contribution is 0.372. The van der Waals surface area contributed by atoms with Crippen molar-refractivity contribution < 1.29 is 9.47 Å². The Hall–Kier alpha value is -1.62. The second-order valence-corrected chi connectivity index (χ2v) is 5.80. The molecule has 21 heavy (non-hydrogen) atoms. The molecule has 0 radical (unpaired) electrons. The van der Waals surface area contributed by atoms with E-state index in [9.17, 15) is 0 Å². The molecule has 0 atom stereocenters. The van der Waals surface area contributed by atoms with Gasteiger partial charge in [-0.2, -0.15) is 4.98 Å². The molecule has 0 fully saturated rings. The summed E-state index contributed by atoms with van der Waals surface area (Å²) in [5, 5.41) is 0. The summed E-state index contributed by atoms with van der Waals surface area (Å²) < 4.78 is 12.0. The van der Waals surface area contributed by atoms with Gasteiger partial charge in [0.2, 0.25) is 5.88 Å². The normalized spacial score (nSPS) is 10.8. The minimum atomic E-state index is 0.231. The molecule has 0 unspecified atom stereocenters. The highest BCUT2D eigenvalue weighted by Gasteiger charge is 2.11. The van der Waals surface area contributed by atoms with Gasteiger partial charge in [0.15, 0.2) is 11.5 Å². The third kappa shape index (κ3) is 3.94. The highest BCUT2D eigenvalue weighted by molar-refractivity contribution is 9.10. The zero-order valence-electron chi connectivity index (χ0n) is 12.7. The van der Waals surface area contributed by atoms with Crippen LogP contribution in [0.4, 0.5) is 0 Å². The van der Waals surface area contributed by atoms with Crippen LogP contribution < -0.4 is 9.47 Å². The number of aryl methyl sites for hydroxylation is 1. The van der Waals surface area contributed by atoms with Gasteiger partial charge in [-0.3, -0.25) is 0 Å². The quantitative estimate of drug-likeness (QED) is 0.731. The average molecular weight is 351 g/mol. The number of hydrogen-bond donors (Lipinski definition) is 0. The fraction of sp³-hybridized carbons (Fsp3) is 0.375. The van der Waals surface area contributed by atoms with Gasteiger partial charge in [0, 0.05) is 12.0 Å². The Kier molecular flexibility index (Phi) is 5.17. The first-order chi connectivity index (χ1) is 10.0. The second kappa shape index (κ2) is 6.89. The highest BCUT2D eigenvalue weighted by Crippen LogP contribution is 2.32. The van der Waals surface area contributed by atoms with Crippen molar-refractivity contribution in [1.29, 1.82) is 0 Å². The second-order valence-electron chi connectivity index (χ2n) is 4.98. The molecule has 0 saturated heterocycles. The molecule has 1 aromatic heterocycles. The molecule has 5 heteroatoms. The van der Waals surface area contributed by atoms with Gasteiger partial charge in [-0.05, 0) is 40.0 Å². The van der Waals surface area contributed by atoms with Gasteiger partial charge in [0.25, 0.3) is 0 Å². The van der Waals surface area contributed by atoms with E-state index in [0.717, 1.165) is 12.2 Å². The van der Waals surface area contributed by atoms with Crippen LogP contribution in [0.2, 0.25) is 0 Å². The molecular weight excluding hydrogens is 332 g/mol. The van der Waals surface area contributed by atoms with Crippen LogP contribution in [0.15, 0.2) is 28.9 Å². The molecule has 1 aromatic carbocycles. The van der Waals surface area contributed by atoms with E-state index in [2.05, 4.69) is 32.8 Å². The van der Waals surface area contributed by atoms with E-state index in [1.165, 1.54) is 5.56 Å². The number of nitrogens with zero attached hydrogens (tertiary/aromatic N) is 2. The van der Waals surface area contributed by atoms with Gasteiger partial charge < -0.3 is 9.47 Å². The molecule has 0 bridgehead atoms. The van der Waals surface area contributed by atoms with Crippen LogP contribution in [-0.2, 0) is 6.42 Å². The number of rotatable bonds is 5. The molecule has 0 N–H and O–H groups in total. The van der Waals surface area contributed by atoms with Crippen molar-refractivity contribution >= 4 is 15.9 Å². The molecule has 0 aliphatic heterocycles. The van der Waals surface area contributed by atoms with Crippen molar-refractivity contribution in [1.82, 2.24) is 9.97 Å². The average Bonchev–Trinajstić information content (AvgIpc) is 2.47. The zero-order chi connectivity index (χ0) is 15.4. The first kappa shape index (κ1) is 15.8. The predicted molar refractivity (Wildman–Crippen MR) is 86.3 cm³/mol. The van der Waals surface area contributed by atoms with Gasteiger partial charge in [-0.25, -0.2) is 4.98 Å². The molecule has 0 amide bonds. The smallest absolute Gasteiger partial charge is 0.223 e. The monoisotopic (exact) mass is 350 g/mol.